The molecular formula is C52H36BN5. The van der Waals surface area contributed by atoms with Gasteiger partial charge in [0.25, 0.3) is 6.71 Å². The van der Waals surface area contributed by atoms with E-state index in [2.05, 4.69) is 203 Å². The molecule has 0 radical (unpaired) electrons. The summed E-state index contributed by atoms with van der Waals surface area (Å²) in [5.41, 5.74) is 16.8. The minimum atomic E-state index is -0.0373. The zero-order valence-corrected chi connectivity index (χ0v) is 31.6. The molecule has 5 nitrogen and oxygen atoms in total. The Morgan fingerprint density at radius 2 is 0.931 bits per heavy atom. The van der Waals surface area contributed by atoms with Gasteiger partial charge in [0.15, 0.2) is 5.82 Å². The van der Waals surface area contributed by atoms with Gasteiger partial charge >= 0.3 is 0 Å². The number of benzene rings is 8. The standard InChI is InChI=1S/C52H36BN5/c1-6-17-37(18-7-1)39-29-31-44-49(33-39)58(51-36-54-46(35-55-51)38-19-8-2-9-20-38)48-28-16-27-47-52(48)53(44)45-32-30-43(34-50(45)57(47)42-25-14-5-15-26-42)56(40-21-10-3-11-22-40)41-23-12-4-13-24-41/h1-36H. The van der Waals surface area contributed by atoms with Crippen LogP contribution in [0.3, 0.4) is 0 Å². The maximum Gasteiger partial charge on any atom is 0.252 e. The predicted molar refractivity (Wildman–Crippen MR) is 242 cm³/mol. The maximum absolute atomic E-state index is 5.13. The van der Waals surface area contributed by atoms with Gasteiger partial charge in [0.2, 0.25) is 0 Å². The largest absolute Gasteiger partial charge is 0.311 e. The van der Waals surface area contributed by atoms with Crippen molar-refractivity contribution in [2.24, 2.45) is 0 Å². The van der Waals surface area contributed by atoms with Crippen LogP contribution >= 0.6 is 0 Å². The molecule has 58 heavy (non-hydrogen) atoms. The van der Waals surface area contributed by atoms with Gasteiger partial charge < -0.3 is 9.80 Å². The second kappa shape index (κ2) is 14.1. The Morgan fingerprint density at radius 3 is 1.55 bits per heavy atom. The molecule has 3 heterocycles. The molecule has 272 valence electrons. The molecular weight excluding hydrogens is 705 g/mol. The highest BCUT2D eigenvalue weighted by Gasteiger charge is 2.43. The number of rotatable bonds is 7. The Morgan fingerprint density at radius 1 is 0.379 bits per heavy atom. The maximum atomic E-state index is 5.13. The van der Waals surface area contributed by atoms with Crippen molar-refractivity contribution in [3.8, 4) is 22.4 Å². The van der Waals surface area contributed by atoms with E-state index in [1.54, 1.807) is 0 Å². The summed E-state index contributed by atoms with van der Waals surface area (Å²) in [5, 5.41) is 0. The Balaban J connectivity index is 1.15. The molecule has 9 aromatic rings. The predicted octanol–water partition coefficient (Wildman–Crippen LogP) is 11.4. The van der Waals surface area contributed by atoms with Crippen LogP contribution in [-0.4, -0.2) is 16.7 Å². The van der Waals surface area contributed by atoms with Crippen molar-refractivity contribution >= 4 is 74.4 Å². The highest BCUT2D eigenvalue weighted by molar-refractivity contribution is 7.00. The molecule has 0 aliphatic carbocycles. The third kappa shape index (κ3) is 5.65. The Kier molecular flexibility index (Phi) is 8.18. The average Bonchev–Trinajstić information content (AvgIpc) is 3.30. The molecule has 0 N–H and O–H groups in total. The first-order valence-corrected chi connectivity index (χ1v) is 19.7. The lowest BCUT2D eigenvalue weighted by atomic mass is 9.33. The fourth-order valence-corrected chi connectivity index (χ4v) is 8.76. The number of hydrogen-bond acceptors (Lipinski definition) is 5. The highest BCUT2D eigenvalue weighted by atomic mass is 15.2. The van der Waals surface area contributed by atoms with Crippen LogP contribution in [0.5, 0.6) is 0 Å². The second-order valence-electron chi connectivity index (χ2n) is 14.7. The van der Waals surface area contributed by atoms with Crippen LogP contribution in [0.15, 0.2) is 219 Å². The number of hydrogen-bond donors (Lipinski definition) is 0. The molecule has 2 aliphatic rings. The van der Waals surface area contributed by atoms with E-state index in [9.17, 15) is 0 Å². The molecule has 6 heteroatoms. The summed E-state index contributed by atoms with van der Waals surface area (Å²) in [7, 11) is 0. The molecule has 0 unspecified atom stereocenters. The van der Waals surface area contributed by atoms with E-state index in [-0.39, 0.29) is 6.71 Å². The van der Waals surface area contributed by atoms with E-state index in [4.69, 9.17) is 9.97 Å². The summed E-state index contributed by atoms with van der Waals surface area (Å²) in [6.45, 7) is -0.0373. The summed E-state index contributed by atoms with van der Waals surface area (Å²) >= 11 is 0. The molecule has 0 fully saturated rings. The van der Waals surface area contributed by atoms with Crippen molar-refractivity contribution in [2.75, 3.05) is 14.7 Å². The van der Waals surface area contributed by atoms with E-state index in [1.165, 1.54) is 22.0 Å². The van der Waals surface area contributed by atoms with Crippen LogP contribution in [0.4, 0.5) is 51.3 Å². The van der Waals surface area contributed by atoms with E-state index in [0.29, 0.717) is 0 Å². The lowest BCUT2D eigenvalue weighted by Gasteiger charge is -2.44. The minimum Gasteiger partial charge on any atom is -0.311 e. The summed E-state index contributed by atoms with van der Waals surface area (Å²) in [4.78, 5) is 17.2. The molecule has 0 amide bonds. The normalized spacial score (nSPS) is 12.4. The van der Waals surface area contributed by atoms with E-state index in [1.807, 2.05) is 30.6 Å². The highest BCUT2D eigenvalue weighted by Crippen LogP contribution is 2.46. The lowest BCUT2D eigenvalue weighted by molar-refractivity contribution is 1.13. The second-order valence-corrected chi connectivity index (χ2v) is 14.7. The molecule has 0 saturated heterocycles. The van der Waals surface area contributed by atoms with E-state index < -0.39 is 0 Å². The van der Waals surface area contributed by atoms with Crippen LogP contribution in [0.25, 0.3) is 22.4 Å². The first kappa shape index (κ1) is 33.6. The fourth-order valence-electron chi connectivity index (χ4n) is 8.76. The third-order valence-electron chi connectivity index (χ3n) is 11.3. The number of nitrogens with zero attached hydrogens (tertiary/aromatic N) is 5. The van der Waals surface area contributed by atoms with Crippen molar-refractivity contribution in [1.29, 1.82) is 0 Å². The molecule has 0 saturated carbocycles. The molecule has 0 bridgehead atoms. The number of anilines is 9. The summed E-state index contributed by atoms with van der Waals surface area (Å²) < 4.78 is 0. The molecule has 2 aliphatic heterocycles. The number of para-hydroxylation sites is 3. The molecule has 0 atom stereocenters. The van der Waals surface area contributed by atoms with Crippen molar-refractivity contribution in [3.63, 3.8) is 0 Å². The van der Waals surface area contributed by atoms with Crippen molar-refractivity contribution < 1.29 is 0 Å². The summed E-state index contributed by atoms with van der Waals surface area (Å²) in [6, 6.07) is 73.5. The molecule has 0 spiro atoms. The van der Waals surface area contributed by atoms with Gasteiger partial charge in [-0.05, 0) is 94.2 Å². The van der Waals surface area contributed by atoms with E-state index in [0.717, 1.165) is 68.1 Å². The van der Waals surface area contributed by atoms with Gasteiger partial charge in [-0.15, -0.1) is 0 Å². The van der Waals surface area contributed by atoms with Gasteiger partial charge in [-0.1, -0.05) is 140 Å². The van der Waals surface area contributed by atoms with Gasteiger partial charge in [-0.3, -0.25) is 9.88 Å². The molecule has 1 aromatic heterocycles. The SMILES string of the molecule is c1ccc(-c2ccc3c(c2)N(c2cnc(-c4ccccc4)cn2)c2cccc4c2B3c2ccc(N(c3ccccc3)c3ccccc3)cc2N4c2ccccc2)cc1. The zero-order valence-electron chi connectivity index (χ0n) is 31.6. The minimum absolute atomic E-state index is 0.0373. The zero-order chi connectivity index (χ0) is 38.4. The van der Waals surface area contributed by atoms with Crippen LogP contribution in [0.2, 0.25) is 0 Å². The topological polar surface area (TPSA) is 35.5 Å². The third-order valence-corrected chi connectivity index (χ3v) is 11.3. The lowest BCUT2D eigenvalue weighted by Crippen LogP contribution is -2.61. The monoisotopic (exact) mass is 741 g/mol. The van der Waals surface area contributed by atoms with E-state index >= 15 is 0 Å². The smallest absolute Gasteiger partial charge is 0.252 e. The van der Waals surface area contributed by atoms with Gasteiger partial charge in [0.05, 0.1) is 18.1 Å². The average molecular weight is 742 g/mol. The first-order chi connectivity index (χ1) is 28.8. The van der Waals surface area contributed by atoms with Crippen molar-refractivity contribution in [2.45, 2.75) is 0 Å². The van der Waals surface area contributed by atoms with Gasteiger partial charge in [0.1, 0.15) is 0 Å². The van der Waals surface area contributed by atoms with Crippen molar-refractivity contribution in [3.05, 3.63) is 219 Å². The van der Waals surface area contributed by atoms with Gasteiger partial charge in [-0.2, -0.15) is 0 Å². The summed E-state index contributed by atoms with van der Waals surface area (Å²) in [6.07, 6.45) is 3.81. The van der Waals surface area contributed by atoms with Crippen molar-refractivity contribution in [1.82, 2.24) is 9.97 Å². The summed E-state index contributed by atoms with van der Waals surface area (Å²) in [5.74, 6) is 0.770. The van der Waals surface area contributed by atoms with Crippen LogP contribution in [0, 0.1) is 0 Å². The molecule has 11 rings (SSSR count). The Bertz CT molecular complexity index is 2850. The number of fused-ring (bicyclic) bond motifs is 4. The van der Waals surface area contributed by atoms with Gasteiger partial charge in [0, 0.05) is 51.1 Å². The van der Waals surface area contributed by atoms with Crippen LogP contribution in [0.1, 0.15) is 0 Å². The molecule has 8 aromatic carbocycles. The Labute approximate surface area is 338 Å². The van der Waals surface area contributed by atoms with Crippen LogP contribution < -0.4 is 31.1 Å². The quantitative estimate of drug-likeness (QED) is 0.152. The van der Waals surface area contributed by atoms with Gasteiger partial charge in [-0.25, -0.2) is 4.98 Å². The van der Waals surface area contributed by atoms with Crippen LogP contribution in [-0.2, 0) is 0 Å². The Hall–Kier alpha value is -7.70. The number of aromatic nitrogens is 2. The fraction of sp³-hybridized carbons (Fsp3) is 0. The first-order valence-electron chi connectivity index (χ1n) is 19.7.